The second-order valence-corrected chi connectivity index (χ2v) is 7.74. The van der Waals surface area contributed by atoms with Crippen LogP contribution in [0.3, 0.4) is 0 Å². The topological polar surface area (TPSA) is 72.2 Å². The molecule has 0 fully saturated rings. The zero-order chi connectivity index (χ0) is 15.9. The van der Waals surface area contributed by atoms with E-state index >= 15 is 0 Å². The lowest BCUT2D eigenvalue weighted by Crippen LogP contribution is -2.32. The number of sulfonamides is 1. The third kappa shape index (κ3) is 6.59. The van der Waals surface area contributed by atoms with E-state index in [4.69, 9.17) is 5.73 Å². The second-order valence-electron chi connectivity index (χ2n) is 6.03. The Hall–Kier alpha value is -0.910. The van der Waals surface area contributed by atoms with Crippen molar-refractivity contribution in [2.24, 2.45) is 11.7 Å². The molecule has 0 aliphatic rings. The number of rotatable bonds is 9. The van der Waals surface area contributed by atoms with Crippen molar-refractivity contribution in [3.05, 3.63) is 29.8 Å². The molecule has 0 aliphatic carbocycles. The van der Waals surface area contributed by atoms with E-state index in [2.05, 4.69) is 18.6 Å². The quantitative estimate of drug-likeness (QED) is 0.736. The maximum atomic E-state index is 12.3. The second kappa shape index (κ2) is 8.51. The molecular weight excluding hydrogens is 284 g/mol. The largest absolute Gasteiger partial charge is 0.330 e. The molecule has 5 heteroatoms. The number of hydrogen-bond donors (Lipinski definition) is 2. The molecule has 0 bridgehead atoms. The van der Waals surface area contributed by atoms with Gasteiger partial charge >= 0.3 is 0 Å². The Labute approximate surface area is 129 Å². The first-order valence-electron chi connectivity index (χ1n) is 7.66. The maximum absolute atomic E-state index is 12.3. The summed E-state index contributed by atoms with van der Waals surface area (Å²) in [6, 6.07) is 6.90. The molecule has 1 rings (SSSR count). The van der Waals surface area contributed by atoms with E-state index in [9.17, 15) is 8.42 Å². The van der Waals surface area contributed by atoms with Crippen LogP contribution in [0.2, 0.25) is 0 Å². The monoisotopic (exact) mass is 312 g/mol. The first-order valence-corrected chi connectivity index (χ1v) is 9.15. The van der Waals surface area contributed by atoms with Crippen LogP contribution in [0.15, 0.2) is 29.2 Å². The van der Waals surface area contributed by atoms with E-state index in [1.54, 1.807) is 12.1 Å². The van der Waals surface area contributed by atoms with Gasteiger partial charge in [0.05, 0.1) is 4.90 Å². The lowest BCUT2D eigenvalue weighted by Gasteiger charge is -2.15. The van der Waals surface area contributed by atoms with Crippen molar-refractivity contribution in [1.82, 2.24) is 4.72 Å². The van der Waals surface area contributed by atoms with Crippen molar-refractivity contribution in [1.29, 1.82) is 0 Å². The third-order valence-corrected chi connectivity index (χ3v) is 5.05. The van der Waals surface area contributed by atoms with Crippen molar-refractivity contribution in [3.8, 4) is 0 Å². The van der Waals surface area contributed by atoms with Crippen LogP contribution >= 0.6 is 0 Å². The predicted molar refractivity (Wildman–Crippen MR) is 87.7 cm³/mol. The van der Waals surface area contributed by atoms with E-state index in [-0.39, 0.29) is 6.04 Å². The van der Waals surface area contributed by atoms with Crippen molar-refractivity contribution < 1.29 is 8.42 Å². The van der Waals surface area contributed by atoms with Crippen molar-refractivity contribution >= 4 is 10.0 Å². The fourth-order valence-electron chi connectivity index (χ4n) is 2.23. The van der Waals surface area contributed by atoms with Crippen molar-refractivity contribution in [2.75, 3.05) is 6.54 Å². The van der Waals surface area contributed by atoms with Crippen LogP contribution in [0, 0.1) is 5.92 Å². The van der Waals surface area contributed by atoms with Gasteiger partial charge < -0.3 is 5.73 Å². The van der Waals surface area contributed by atoms with Gasteiger partial charge in [-0.1, -0.05) is 38.8 Å². The van der Waals surface area contributed by atoms with E-state index < -0.39 is 10.0 Å². The molecule has 0 heterocycles. The Bertz CT molecular complexity index is 510. The molecule has 0 amide bonds. The molecule has 0 aliphatic heterocycles. The Morgan fingerprint density at radius 3 is 2.24 bits per heavy atom. The number of nitrogens with two attached hydrogens (primary N) is 1. The van der Waals surface area contributed by atoms with Gasteiger partial charge in [0, 0.05) is 6.04 Å². The fraction of sp³-hybridized carbons (Fsp3) is 0.625. The van der Waals surface area contributed by atoms with Crippen LogP contribution in [0.4, 0.5) is 0 Å². The van der Waals surface area contributed by atoms with Gasteiger partial charge in [0.2, 0.25) is 10.0 Å². The van der Waals surface area contributed by atoms with Gasteiger partial charge in [-0.3, -0.25) is 0 Å². The third-order valence-electron chi connectivity index (χ3n) is 3.44. The van der Waals surface area contributed by atoms with Gasteiger partial charge in [-0.25, -0.2) is 13.1 Å². The summed E-state index contributed by atoms with van der Waals surface area (Å²) in [6.07, 6.45) is 3.79. The van der Waals surface area contributed by atoms with Crippen LogP contribution < -0.4 is 10.5 Å². The fourth-order valence-corrected chi connectivity index (χ4v) is 3.50. The summed E-state index contributed by atoms with van der Waals surface area (Å²) in [5.41, 5.74) is 6.54. The number of benzene rings is 1. The molecule has 0 saturated carbocycles. The highest BCUT2D eigenvalue weighted by atomic mass is 32.2. The number of nitrogens with one attached hydrogen (secondary N) is 1. The molecular formula is C16H28N2O2S. The summed E-state index contributed by atoms with van der Waals surface area (Å²) in [7, 11) is -3.42. The summed E-state index contributed by atoms with van der Waals surface area (Å²) < 4.78 is 27.3. The van der Waals surface area contributed by atoms with E-state index in [1.165, 1.54) is 0 Å². The molecule has 0 aromatic heterocycles. The van der Waals surface area contributed by atoms with E-state index in [0.29, 0.717) is 17.4 Å². The van der Waals surface area contributed by atoms with Crippen LogP contribution in [-0.2, 0) is 16.4 Å². The number of hydrogen-bond acceptors (Lipinski definition) is 3. The molecule has 1 aromatic carbocycles. The highest BCUT2D eigenvalue weighted by molar-refractivity contribution is 7.89. The van der Waals surface area contributed by atoms with E-state index in [0.717, 1.165) is 31.2 Å². The summed E-state index contributed by atoms with van der Waals surface area (Å²) in [6.45, 7) is 6.84. The van der Waals surface area contributed by atoms with Crippen LogP contribution in [-0.4, -0.2) is 21.0 Å². The standard InChI is InChI=1S/C16H28N2O2S/c1-13(2)5-4-6-14(3)18-21(19,20)16-9-7-15(8-10-16)11-12-17/h7-10,13-14,18H,4-6,11-12,17H2,1-3H3. The predicted octanol–water partition coefficient (Wildman–Crippen LogP) is 2.68. The Morgan fingerprint density at radius 2 is 1.71 bits per heavy atom. The molecule has 1 unspecified atom stereocenters. The van der Waals surface area contributed by atoms with Gasteiger partial charge in [-0.2, -0.15) is 0 Å². The normalized spacial score (nSPS) is 13.6. The van der Waals surface area contributed by atoms with Crippen LogP contribution in [0.1, 0.15) is 45.6 Å². The lowest BCUT2D eigenvalue weighted by atomic mass is 10.0. The smallest absolute Gasteiger partial charge is 0.240 e. The molecule has 120 valence electrons. The van der Waals surface area contributed by atoms with Gasteiger partial charge in [0.25, 0.3) is 0 Å². The van der Waals surface area contributed by atoms with Gasteiger partial charge in [-0.05, 0) is 49.9 Å². The first kappa shape index (κ1) is 18.1. The maximum Gasteiger partial charge on any atom is 0.240 e. The zero-order valence-electron chi connectivity index (χ0n) is 13.3. The Kier molecular flexibility index (Phi) is 7.35. The average molecular weight is 312 g/mol. The summed E-state index contributed by atoms with van der Waals surface area (Å²) in [4.78, 5) is 0.319. The zero-order valence-corrected chi connectivity index (χ0v) is 14.1. The minimum absolute atomic E-state index is 0.0440. The molecule has 21 heavy (non-hydrogen) atoms. The molecule has 1 aromatic rings. The average Bonchev–Trinajstić information content (AvgIpc) is 2.38. The van der Waals surface area contributed by atoms with E-state index in [1.807, 2.05) is 19.1 Å². The van der Waals surface area contributed by atoms with Gasteiger partial charge in [0.15, 0.2) is 0 Å². The molecule has 0 radical (unpaired) electrons. The van der Waals surface area contributed by atoms with Crippen molar-refractivity contribution in [3.63, 3.8) is 0 Å². The van der Waals surface area contributed by atoms with Gasteiger partial charge in [-0.15, -0.1) is 0 Å². The highest BCUT2D eigenvalue weighted by Crippen LogP contribution is 2.13. The summed E-state index contributed by atoms with van der Waals surface area (Å²) in [5, 5.41) is 0. The molecule has 1 atom stereocenters. The minimum Gasteiger partial charge on any atom is -0.330 e. The molecule has 3 N–H and O–H groups in total. The molecule has 4 nitrogen and oxygen atoms in total. The molecule has 0 saturated heterocycles. The lowest BCUT2D eigenvalue weighted by molar-refractivity contribution is 0.488. The van der Waals surface area contributed by atoms with Crippen LogP contribution in [0.5, 0.6) is 0 Å². The summed E-state index contributed by atoms with van der Waals surface area (Å²) >= 11 is 0. The SMILES string of the molecule is CC(C)CCCC(C)NS(=O)(=O)c1ccc(CCN)cc1. The first-order chi connectivity index (χ1) is 9.85. The highest BCUT2D eigenvalue weighted by Gasteiger charge is 2.17. The minimum atomic E-state index is -3.42. The Balaban J connectivity index is 2.59. The summed E-state index contributed by atoms with van der Waals surface area (Å²) in [5.74, 6) is 0.656. The van der Waals surface area contributed by atoms with Crippen LogP contribution in [0.25, 0.3) is 0 Å². The van der Waals surface area contributed by atoms with Crippen molar-refractivity contribution in [2.45, 2.75) is 57.4 Å². The Morgan fingerprint density at radius 1 is 1.10 bits per heavy atom. The molecule has 0 spiro atoms. The van der Waals surface area contributed by atoms with Gasteiger partial charge in [0.1, 0.15) is 0 Å².